The number of β-amino-alcohol motifs (C(OH)–C–C–N with tert-alkyl or cyclic N) is 1. The molecule has 0 bridgehead atoms. The normalized spacial score (nSPS) is 23.1. The third-order valence-electron chi connectivity index (χ3n) is 2.55. The Morgan fingerprint density at radius 2 is 2.29 bits per heavy atom. The average Bonchev–Trinajstić information content (AvgIpc) is 2.76. The van der Waals surface area contributed by atoms with Crippen LogP contribution in [0.5, 0.6) is 0 Å². The highest BCUT2D eigenvalue weighted by molar-refractivity contribution is 5.07. The first-order chi connectivity index (χ1) is 6.78. The molecule has 14 heavy (non-hydrogen) atoms. The van der Waals surface area contributed by atoms with Gasteiger partial charge in [0.15, 0.2) is 0 Å². The molecule has 0 spiro atoms. The van der Waals surface area contributed by atoms with Crippen LogP contribution in [0.25, 0.3) is 0 Å². The van der Waals surface area contributed by atoms with E-state index in [1.165, 1.54) is 0 Å². The van der Waals surface area contributed by atoms with E-state index in [4.69, 9.17) is 10.2 Å². The molecule has 1 aromatic heterocycles. The van der Waals surface area contributed by atoms with Crippen molar-refractivity contribution in [3.05, 3.63) is 23.7 Å². The van der Waals surface area contributed by atoms with Gasteiger partial charge in [-0.2, -0.15) is 0 Å². The molecule has 1 saturated heterocycles. The number of rotatable bonds is 3. The summed E-state index contributed by atoms with van der Waals surface area (Å²) in [5, 5.41) is 9.34. The van der Waals surface area contributed by atoms with Gasteiger partial charge in [-0.15, -0.1) is 0 Å². The van der Waals surface area contributed by atoms with Gasteiger partial charge < -0.3 is 15.3 Å². The van der Waals surface area contributed by atoms with Crippen LogP contribution in [0.4, 0.5) is 0 Å². The molecule has 1 aliphatic rings. The third-order valence-corrected chi connectivity index (χ3v) is 2.55. The predicted molar refractivity (Wildman–Crippen MR) is 52.5 cm³/mol. The first-order valence-electron chi connectivity index (χ1n) is 4.96. The molecule has 4 nitrogen and oxygen atoms in total. The van der Waals surface area contributed by atoms with Gasteiger partial charge >= 0.3 is 0 Å². The van der Waals surface area contributed by atoms with Crippen LogP contribution < -0.4 is 5.73 Å². The molecule has 2 rings (SSSR count). The van der Waals surface area contributed by atoms with Crippen molar-refractivity contribution >= 4 is 0 Å². The molecule has 0 aliphatic carbocycles. The number of aliphatic hydroxyl groups is 1. The zero-order valence-corrected chi connectivity index (χ0v) is 8.15. The van der Waals surface area contributed by atoms with E-state index in [1.54, 1.807) is 0 Å². The van der Waals surface area contributed by atoms with Crippen molar-refractivity contribution in [3.8, 4) is 0 Å². The van der Waals surface area contributed by atoms with E-state index in [2.05, 4.69) is 4.90 Å². The molecule has 3 N–H and O–H groups in total. The fourth-order valence-electron chi connectivity index (χ4n) is 1.79. The summed E-state index contributed by atoms with van der Waals surface area (Å²) in [5.41, 5.74) is 5.45. The molecule has 1 aliphatic heterocycles. The Morgan fingerprint density at radius 3 is 2.86 bits per heavy atom. The van der Waals surface area contributed by atoms with Gasteiger partial charge in [-0.05, 0) is 18.6 Å². The number of nitrogens with zero attached hydrogens (tertiary/aromatic N) is 1. The molecule has 78 valence electrons. The predicted octanol–water partition coefficient (Wildman–Crippen LogP) is 0.305. The Balaban J connectivity index is 1.90. The highest BCUT2D eigenvalue weighted by atomic mass is 16.3. The number of aliphatic hydroxyl groups excluding tert-OH is 1. The molecule has 4 heteroatoms. The maximum Gasteiger partial charge on any atom is 0.118 e. The summed E-state index contributed by atoms with van der Waals surface area (Å²) < 4.78 is 5.48. The third kappa shape index (κ3) is 2.15. The number of nitrogens with two attached hydrogens (primary N) is 1. The lowest BCUT2D eigenvalue weighted by atomic mass is 10.3. The molecule has 1 fully saturated rings. The molecule has 1 aromatic rings. The lowest BCUT2D eigenvalue weighted by Crippen LogP contribution is -2.21. The van der Waals surface area contributed by atoms with Crippen molar-refractivity contribution in [2.45, 2.75) is 25.6 Å². The van der Waals surface area contributed by atoms with Crippen molar-refractivity contribution in [2.75, 3.05) is 13.1 Å². The van der Waals surface area contributed by atoms with Gasteiger partial charge in [0.1, 0.15) is 11.5 Å². The average molecular weight is 196 g/mol. The van der Waals surface area contributed by atoms with Gasteiger partial charge in [0.05, 0.1) is 19.2 Å². The Kier molecular flexibility index (Phi) is 2.86. The van der Waals surface area contributed by atoms with E-state index in [-0.39, 0.29) is 6.10 Å². The lowest BCUT2D eigenvalue weighted by molar-refractivity contribution is 0.171. The Labute approximate surface area is 83.3 Å². The second-order valence-electron chi connectivity index (χ2n) is 3.75. The van der Waals surface area contributed by atoms with Gasteiger partial charge in [-0.1, -0.05) is 0 Å². The SMILES string of the molecule is NCc1ccc(CN2CCC(O)C2)o1. The minimum Gasteiger partial charge on any atom is -0.463 e. The smallest absolute Gasteiger partial charge is 0.118 e. The second-order valence-corrected chi connectivity index (χ2v) is 3.75. The van der Waals surface area contributed by atoms with Crippen molar-refractivity contribution in [2.24, 2.45) is 5.73 Å². The van der Waals surface area contributed by atoms with Gasteiger partial charge in [-0.3, -0.25) is 4.90 Å². The van der Waals surface area contributed by atoms with Crippen LogP contribution in [0, 0.1) is 0 Å². The van der Waals surface area contributed by atoms with Crippen molar-refractivity contribution in [1.82, 2.24) is 4.90 Å². The topological polar surface area (TPSA) is 62.6 Å². The second kappa shape index (κ2) is 4.13. The molecule has 1 unspecified atom stereocenters. The molecule has 0 radical (unpaired) electrons. The fraction of sp³-hybridized carbons (Fsp3) is 0.600. The largest absolute Gasteiger partial charge is 0.463 e. The Morgan fingerprint density at radius 1 is 1.50 bits per heavy atom. The first kappa shape index (κ1) is 9.71. The molecule has 0 saturated carbocycles. The van der Waals surface area contributed by atoms with Gasteiger partial charge in [0.2, 0.25) is 0 Å². The van der Waals surface area contributed by atoms with Crippen molar-refractivity contribution in [1.29, 1.82) is 0 Å². The Hall–Kier alpha value is -0.840. The van der Waals surface area contributed by atoms with E-state index in [0.717, 1.165) is 37.6 Å². The minimum atomic E-state index is -0.168. The fourth-order valence-corrected chi connectivity index (χ4v) is 1.79. The van der Waals surface area contributed by atoms with Crippen LogP contribution in [-0.4, -0.2) is 29.2 Å². The summed E-state index contributed by atoms with van der Waals surface area (Å²) in [7, 11) is 0. The van der Waals surface area contributed by atoms with Crippen LogP contribution in [0.2, 0.25) is 0 Å². The zero-order valence-electron chi connectivity index (χ0n) is 8.15. The quantitative estimate of drug-likeness (QED) is 0.730. The van der Waals surface area contributed by atoms with Gasteiger partial charge in [-0.25, -0.2) is 0 Å². The highest BCUT2D eigenvalue weighted by Gasteiger charge is 2.20. The Bertz CT molecular complexity index is 298. The summed E-state index contributed by atoms with van der Waals surface area (Å²) in [6, 6.07) is 3.86. The number of hydrogen-bond acceptors (Lipinski definition) is 4. The lowest BCUT2D eigenvalue weighted by Gasteiger charge is -2.12. The standard InChI is InChI=1S/C10H16N2O2/c11-5-9-1-2-10(14-9)7-12-4-3-8(13)6-12/h1-2,8,13H,3-7,11H2. The number of likely N-dealkylation sites (tertiary alicyclic amines) is 1. The first-order valence-corrected chi connectivity index (χ1v) is 4.96. The number of furan rings is 1. The molecule has 2 heterocycles. The van der Waals surface area contributed by atoms with Crippen LogP contribution in [0.1, 0.15) is 17.9 Å². The van der Waals surface area contributed by atoms with E-state index >= 15 is 0 Å². The van der Waals surface area contributed by atoms with Crippen molar-refractivity contribution < 1.29 is 9.52 Å². The van der Waals surface area contributed by atoms with E-state index < -0.39 is 0 Å². The summed E-state index contributed by atoms with van der Waals surface area (Å²) in [4.78, 5) is 2.18. The van der Waals surface area contributed by atoms with Crippen molar-refractivity contribution in [3.63, 3.8) is 0 Å². The summed E-state index contributed by atoms with van der Waals surface area (Å²) in [5.74, 6) is 1.75. The molecule has 0 amide bonds. The molecular formula is C10H16N2O2. The maximum atomic E-state index is 9.34. The summed E-state index contributed by atoms with van der Waals surface area (Å²) in [6.45, 7) is 2.91. The molecular weight excluding hydrogens is 180 g/mol. The molecule has 0 aromatic carbocycles. The van der Waals surface area contributed by atoms with Crippen LogP contribution in [0.3, 0.4) is 0 Å². The highest BCUT2D eigenvalue weighted by Crippen LogP contribution is 2.15. The van der Waals surface area contributed by atoms with E-state index in [1.807, 2.05) is 12.1 Å². The number of hydrogen-bond donors (Lipinski definition) is 2. The van der Waals surface area contributed by atoms with Crippen LogP contribution >= 0.6 is 0 Å². The van der Waals surface area contributed by atoms with E-state index in [0.29, 0.717) is 6.54 Å². The summed E-state index contributed by atoms with van der Waals surface area (Å²) in [6.07, 6.45) is 0.698. The summed E-state index contributed by atoms with van der Waals surface area (Å²) >= 11 is 0. The van der Waals surface area contributed by atoms with Gasteiger partial charge in [0.25, 0.3) is 0 Å². The minimum absolute atomic E-state index is 0.168. The van der Waals surface area contributed by atoms with E-state index in [9.17, 15) is 5.11 Å². The zero-order chi connectivity index (χ0) is 9.97. The van der Waals surface area contributed by atoms with Crippen LogP contribution in [0.15, 0.2) is 16.5 Å². The molecule has 1 atom stereocenters. The monoisotopic (exact) mass is 196 g/mol. The van der Waals surface area contributed by atoms with Gasteiger partial charge in [0, 0.05) is 13.1 Å². The maximum absolute atomic E-state index is 9.34. The van der Waals surface area contributed by atoms with Crippen LogP contribution in [-0.2, 0) is 13.1 Å².